The normalized spacial score (nSPS) is 11.7. The molecule has 0 fully saturated rings. The van der Waals surface area contributed by atoms with Crippen LogP contribution < -0.4 is 9.46 Å². The van der Waals surface area contributed by atoms with Gasteiger partial charge in [-0.15, -0.1) is 0 Å². The molecular formula is C20H27NO3S. The highest BCUT2D eigenvalue weighted by atomic mass is 32.2. The lowest BCUT2D eigenvalue weighted by Crippen LogP contribution is -2.26. The van der Waals surface area contributed by atoms with E-state index in [1.807, 2.05) is 69.3 Å². The van der Waals surface area contributed by atoms with E-state index in [2.05, 4.69) is 4.72 Å². The minimum Gasteiger partial charge on any atom is -0.491 e. The van der Waals surface area contributed by atoms with E-state index in [9.17, 15) is 8.42 Å². The molecule has 4 nitrogen and oxygen atoms in total. The Morgan fingerprint density at radius 1 is 1.04 bits per heavy atom. The first kappa shape index (κ1) is 19.5. The molecule has 0 bridgehead atoms. The summed E-state index contributed by atoms with van der Waals surface area (Å²) in [7, 11) is -3.30. The summed E-state index contributed by atoms with van der Waals surface area (Å²) in [6.45, 7) is 6.38. The van der Waals surface area contributed by atoms with Crippen molar-refractivity contribution in [3.05, 3.63) is 65.2 Å². The Bertz CT molecular complexity index is 785. The van der Waals surface area contributed by atoms with Crippen LogP contribution in [0.1, 0.15) is 37.0 Å². The van der Waals surface area contributed by atoms with Gasteiger partial charge in [-0.1, -0.05) is 42.0 Å². The van der Waals surface area contributed by atoms with Gasteiger partial charge >= 0.3 is 0 Å². The molecule has 25 heavy (non-hydrogen) atoms. The van der Waals surface area contributed by atoms with Crippen molar-refractivity contribution in [1.29, 1.82) is 0 Å². The summed E-state index contributed by atoms with van der Waals surface area (Å²) in [6, 6.07) is 15.5. The van der Waals surface area contributed by atoms with Crippen LogP contribution in [-0.2, 0) is 22.2 Å². The maximum absolute atomic E-state index is 12.2. The number of nitrogens with one attached hydrogen (secondary N) is 1. The van der Waals surface area contributed by atoms with Crippen LogP contribution in [0.3, 0.4) is 0 Å². The summed E-state index contributed by atoms with van der Waals surface area (Å²) in [5.74, 6) is 0.874. The highest BCUT2D eigenvalue weighted by Gasteiger charge is 2.11. The molecule has 2 aromatic rings. The second kappa shape index (κ2) is 9.02. The zero-order valence-electron chi connectivity index (χ0n) is 15.2. The van der Waals surface area contributed by atoms with Crippen molar-refractivity contribution >= 4 is 10.0 Å². The van der Waals surface area contributed by atoms with Gasteiger partial charge in [0.15, 0.2) is 0 Å². The van der Waals surface area contributed by atoms with Crippen molar-refractivity contribution in [2.45, 2.75) is 45.5 Å². The summed E-state index contributed by atoms with van der Waals surface area (Å²) in [5.41, 5.74) is 3.03. The van der Waals surface area contributed by atoms with Gasteiger partial charge < -0.3 is 4.74 Å². The van der Waals surface area contributed by atoms with Gasteiger partial charge in [0.25, 0.3) is 0 Å². The summed E-state index contributed by atoms with van der Waals surface area (Å²) < 4.78 is 32.7. The van der Waals surface area contributed by atoms with E-state index in [1.165, 1.54) is 0 Å². The lowest BCUT2D eigenvalue weighted by atomic mass is 10.1. The van der Waals surface area contributed by atoms with Gasteiger partial charge in [-0.3, -0.25) is 0 Å². The minimum atomic E-state index is -3.30. The maximum Gasteiger partial charge on any atom is 0.215 e. The summed E-state index contributed by atoms with van der Waals surface area (Å²) in [4.78, 5) is 0. The Hall–Kier alpha value is -1.85. The quantitative estimate of drug-likeness (QED) is 0.691. The summed E-state index contributed by atoms with van der Waals surface area (Å²) in [6.07, 6.45) is 1.70. The molecule has 0 spiro atoms. The minimum absolute atomic E-state index is 0.0202. The molecule has 0 atom stereocenters. The number of hydrogen-bond donors (Lipinski definition) is 1. The zero-order chi connectivity index (χ0) is 18.3. The van der Waals surface area contributed by atoms with Gasteiger partial charge in [-0.2, -0.15) is 0 Å². The molecule has 0 aromatic heterocycles. The van der Waals surface area contributed by atoms with Crippen LogP contribution in [0, 0.1) is 6.92 Å². The van der Waals surface area contributed by atoms with Crippen molar-refractivity contribution < 1.29 is 13.2 Å². The molecule has 5 heteroatoms. The molecule has 0 heterocycles. The highest BCUT2D eigenvalue weighted by Crippen LogP contribution is 2.16. The van der Waals surface area contributed by atoms with Crippen molar-refractivity contribution in [2.24, 2.45) is 0 Å². The molecule has 0 saturated heterocycles. The van der Waals surface area contributed by atoms with Crippen molar-refractivity contribution in [3.63, 3.8) is 0 Å². The number of aryl methyl sites for hydroxylation is 2. The molecule has 0 aliphatic heterocycles. The highest BCUT2D eigenvalue weighted by molar-refractivity contribution is 7.88. The van der Waals surface area contributed by atoms with Crippen LogP contribution in [0.5, 0.6) is 5.75 Å². The Morgan fingerprint density at radius 2 is 1.76 bits per heavy atom. The first-order valence-electron chi connectivity index (χ1n) is 8.62. The van der Waals surface area contributed by atoms with Crippen LogP contribution in [-0.4, -0.2) is 21.1 Å². The Labute approximate surface area is 151 Å². The number of ether oxygens (including phenoxy) is 1. The number of rotatable bonds is 9. The van der Waals surface area contributed by atoms with Crippen LogP contribution in [0.25, 0.3) is 0 Å². The molecule has 0 aliphatic carbocycles. The number of benzene rings is 2. The van der Waals surface area contributed by atoms with Gasteiger partial charge in [0.1, 0.15) is 5.75 Å². The third kappa shape index (κ3) is 7.28. The third-order valence-electron chi connectivity index (χ3n) is 3.67. The molecular weight excluding hydrogens is 334 g/mol. The van der Waals surface area contributed by atoms with Gasteiger partial charge in [0, 0.05) is 6.54 Å². The SMILES string of the molecule is Cc1cccc(CS(=O)(=O)NCCCc2cccc(OC(C)C)c2)c1. The summed E-state index contributed by atoms with van der Waals surface area (Å²) in [5, 5.41) is 0. The van der Waals surface area contributed by atoms with Crippen molar-refractivity contribution in [1.82, 2.24) is 4.72 Å². The molecule has 0 saturated carbocycles. The Kier molecular flexibility index (Phi) is 7.02. The topological polar surface area (TPSA) is 55.4 Å². The predicted octanol–water partition coefficient (Wildman–Crippen LogP) is 3.83. The average molecular weight is 362 g/mol. The van der Waals surface area contributed by atoms with E-state index < -0.39 is 10.0 Å². The lowest BCUT2D eigenvalue weighted by Gasteiger charge is -2.11. The van der Waals surface area contributed by atoms with E-state index in [0.29, 0.717) is 6.54 Å². The van der Waals surface area contributed by atoms with E-state index in [-0.39, 0.29) is 11.9 Å². The standard InChI is InChI=1S/C20H27NO3S/c1-16(2)24-20-11-5-8-18(14-20)10-6-12-21-25(22,23)15-19-9-4-7-17(3)13-19/h4-5,7-9,11,13-14,16,21H,6,10,12,15H2,1-3H3. The van der Waals surface area contributed by atoms with Gasteiger partial charge in [0.05, 0.1) is 11.9 Å². The van der Waals surface area contributed by atoms with E-state index in [4.69, 9.17) is 4.74 Å². The zero-order valence-corrected chi connectivity index (χ0v) is 16.0. The fraction of sp³-hybridized carbons (Fsp3) is 0.400. The largest absolute Gasteiger partial charge is 0.491 e. The third-order valence-corrected chi connectivity index (χ3v) is 5.03. The van der Waals surface area contributed by atoms with E-state index in [0.717, 1.165) is 35.3 Å². The molecule has 2 rings (SSSR count). The van der Waals surface area contributed by atoms with Crippen LogP contribution >= 0.6 is 0 Å². The van der Waals surface area contributed by atoms with E-state index >= 15 is 0 Å². The fourth-order valence-electron chi connectivity index (χ4n) is 2.64. The monoisotopic (exact) mass is 361 g/mol. The second-order valence-electron chi connectivity index (χ2n) is 6.56. The molecule has 0 amide bonds. The molecule has 0 aliphatic rings. The van der Waals surface area contributed by atoms with Gasteiger partial charge in [-0.05, 0) is 56.9 Å². The first-order valence-corrected chi connectivity index (χ1v) is 10.3. The van der Waals surface area contributed by atoms with Crippen LogP contribution in [0.4, 0.5) is 0 Å². The Morgan fingerprint density at radius 3 is 2.48 bits per heavy atom. The fourth-order valence-corrected chi connectivity index (χ4v) is 3.81. The van der Waals surface area contributed by atoms with Gasteiger partial charge in [0.2, 0.25) is 10.0 Å². The molecule has 136 valence electrons. The smallest absolute Gasteiger partial charge is 0.215 e. The number of hydrogen-bond acceptors (Lipinski definition) is 3. The van der Waals surface area contributed by atoms with Gasteiger partial charge in [-0.25, -0.2) is 13.1 Å². The number of sulfonamides is 1. The lowest BCUT2D eigenvalue weighted by molar-refractivity contribution is 0.242. The van der Waals surface area contributed by atoms with E-state index in [1.54, 1.807) is 0 Å². The predicted molar refractivity (Wildman–Crippen MR) is 102 cm³/mol. The molecule has 0 radical (unpaired) electrons. The summed E-state index contributed by atoms with van der Waals surface area (Å²) >= 11 is 0. The average Bonchev–Trinajstić information content (AvgIpc) is 2.51. The van der Waals surface area contributed by atoms with Crippen molar-refractivity contribution in [3.8, 4) is 5.75 Å². The first-order chi connectivity index (χ1) is 11.8. The van der Waals surface area contributed by atoms with Crippen LogP contribution in [0.15, 0.2) is 48.5 Å². The Balaban J connectivity index is 1.80. The second-order valence-corrected chi connectivity index (χ2v) is 8.37. The maximum atomic E-state index is 12.2. The van der Waals surface area contributed by atoms with Crippen molar-refractivity contribution in [2.75, 3.05) is 6.54 Å². The molecule has 0 unspecified atom stereocenters. The molecule has 1 N–H and O–H groups in total. The molecule has 2 aromatic carbocycles. The van der Waals surface area contributed by atoms with Crippen LogP contribution in [0.2, 0.25) is 0 Å².